The Kier molecular flexibility index (Phi) is 3.49. The first-order valence-corrected chi connectivity index (χ1v) is 6.25. The molecule has 88 valence electrons. The van der Waals surface area contributed by atoms with E-state index in [0.717, 1.165) is 31.4 Å². The van der Waals surface area contributed by atoms with Gasteiger partial charge in [0.1, 0.15) is 5.75 Å². The fourth-order valence-corrected chi connectivity index (χ4v) is 2.40. The van der Waals surface area contributed by atoms with Crippen molar-refractivity contribution in [3.8, 4) is 5.75 Å². The number of rotatable bonds is 4. The van der Waals surface area contributed by atoms with E-state index in [1.54, 1.807) is 0 Å². The van der Waals surface area contributed by atoms with Crippen LogP contribution in [0.1, 0.15) is 50.3 Å². The third-order valence-corrected chi connectivity index (χ3v) is 3.27. The van der Waals surface area contributed by atoms with Gasteiger partial charge in [-0.3, -0.25) is 0 Å². The predicted molar refractivity (Wildman–Crippen MR) is 66.7 cm³/mol. The van der Waals surface area contributed by atoms with E-state index in [4.69, 9.17) is 10.5 Å². The zero-order valence-corrected chi connectivity index (χ0v) is 10.2. The SMILES string of the molecule is CCCC(C)Oc1ccc2c(c1)CC[C@H]2N. The molecule has 1 aromatic carbocycles. The molecule has 1 aromatic rings. The van der Waals surface area contributed by atoms with Crippen LogP contribution in [0.5, 0.6) is 5.75 Å². The minimum Gasteiger partial charge on any atom is -0.491 e. The lowest BCUT2D eigenvalue weighted by molar-refractivity contribution is 0.210. The summed E-state index contributed by atoms with van der Waals surface area (Å²) in [5.74, 6) is 0.994. The molecule has 0 aliphatic heterocycles. The van der Waals surface area contributed by atoms with E-state index >= 15 is 0 Å². The number of fused-ring (bicyclic) bond motifs is 1. The van der Waals surface area contributed by atoms with E-state index in [2.05, 4.69) is 32.0 Å². The van der Waals surface area contributed by atoms with E-state index in [0.29, 0.717) is 6.10 Å². The van der Waals surface area contributed by atoms with Crippen molar-refractivity contribution in [1.29, 1.82) is 0 Å². The highest BCUT2D eigenvalue weighted by Gasteiger charge is 2.19. The van der Waals surface area contributed by atoms with Gasteiger partial charge in [-0.05, 0) is 49.4 Å². The number of hydrogen-bond acceptors (Lipinski definition) is 2. The Bertz CT molecular complexity index is 362. The summed E-state index contributed by atoms with van der Waals surface area (Å²) in [5.41, 5.74) is 8.68. The van der Waals surface area contributed by atoms with Gasteiger partial charge in [0.2, 0.25) is 0 Å². The molecule has 0 spiro atoms. The van der Waals surface area contributed by atoms with Crippen LogP contribution in [0.3, 0.4) is 0 Å². The molecule has 2 atom stereocenters. The molecule has 16 heavy (non-hydrogen) atoms. The van der Waals surface area contributed by atoms with Gasteiger partial charge in [0.15, 0.2) is 0 Å². The topological polar surface area (TPSA) is 35.2 Å². The second-order valence-corrected chi connectivity index (χ2v) is 4.72. The summed E-state index contributed by atoms with van der Waals surface area (Å²) in [6.07, 6.45) is 4.74. The minimum atomic E-state index is 0.233. The molecule has 0 saturated carbocycles. The number of ether oxygens (including phenoxy) is 1. The Morgan fingerprint density at radius 3 is 3.06 bits per heavy atom. The summed E-state index contributed by atoms with van der Waals surface area (Å²) in [5, 5.41) is 0. The number of aryl methyl sites for hydroxylation is 1. The zero-order chi connectivity index (χ0) is 11.5. The highest BCUT2D eigenvalue weighted by molar-refractivity contribution is 5.40. The average molecular weight is 219 g/mol. The molecule has 1 aliphatic carbocycles. The molecule has 1 aliphatic rings. The van der Waals surface area contributed by atoms with Crippen molar-refractivity contribution in [3.05, 3.63) is 29.3 Å². The highest BCUT2D eigenvalue weighted by atomic mass is 16.5. The van der Waals surface area contributed by atoms with Crippen molar-refractivity contribution in [1.82, 2.24) is 0 Å². The third-order valence-electron chi connectivity index (χ3n) is 3.27. The van der Waals surface area contributed by atoms with Gasteiger partial charge in [-0.1, -0.05) is 19.4 Å². The first kappa shape index (κ1) is 11.5. The normalized spacial score (nSPS) is 20.6. The van der Waals surface area contributed by atoms with Crippen LogP contribution in [0, 0.1) is 0 Å². The summed E-state index contributed by atoms with van der Waals surface area (Å²) in [6.45, 7) is 4.31. The Balaban J connectivity index is 2.07. The highest BCUT2D eigenvalue weighted by Crippen LogP contribution is 2.32. The smallest absolute Gasteiger partial charge is 0.119 e. The van der Waals surface area contributed by atoms with Crippen molar-refractivity contribution in [2.75, 3.05) is 0 Å². The number of nitrogens with two attached hydrogens (primary N) is 1. The van der Waals surface area contributed by atoms with Gasteiger partial charge in [-0.25, -0.2) is 0 Å². The van der Waals surface area contributed by atoms with Gasteiger partial charge in [-0.2, -0.15) is 0 Å². The summed E-state index contributed by atoms with van der Waals surface area (Å²) in [6, 6.07) is 6.57. The molecule has 2 N–H and O–H groups in total. The molecule has 0 bridgehead atoms. The van der Waals surface area contributed by atoms with Crippen LogP contribution in [0.25, 0.3) is 0 Å². The lowest BCUT2D eigenvalue weighted by atomic mass is 10.1. The van der Waals surface area contributed by atoms with E-state index in [9.17, 15) is 0 Å². The van der Waals surface area contributed by atoms with Crippen molar-refractivity contribution < 1.29 is 4.74 Å². The molecule has 0 amide bonds. The van der Waals surface area contributed by atoms with Crippen molar-refractivity contribution in [2.24, 2.45) is 5.73 Å². The Hall–Kier alpha value is -1.02. The van der Waals surface area contributed by atoms with Crippen molar-refractivity contribution in [2.45, 2.75) is 51.7 Å². The van der Waals surface area contributed by atoms with E-state index < -0.39 is 0 Å². The number of benzene rings is 1. The second-order valence-electron chi connectivity index (χ2n) is 4.72. The molecule has 1 unspecified atom stereocenters. The first-order valence-electron chi connectivity index (χ1n) is 6.25. The maximum absolute atomic E-state index is 6.00. The van der Waals surface area contributed by atoms with Crippen LogP contribution >= 0.6 is 0 Å². The minimum absolute atomic E-state index is 0.233. The van der Waals surface area contributed by atoms with E-state index in [1.165, 1.54) is 11.1 Å². The van der Waals surface area contributed by atoms with Gasteiger partial charge in [0.05, 0.1) is 6.10 Å². The zero-order valence-electron chi connectivity index (χ0n) is 10.2. The molecule has 0 heterocycles. The van der Waals surface area contributed by atoms with E-state index in [1.807, 2.05) is 0 Å². The van der Waals surface area contributed by atoms with Crippen molar-refractivity contribution in [3.63, 3.8) is 0 Å². The second kappa shape index (κ2) is 4.88. The molecule has 0 saturated heterocycles. The quantitative estimate of drug-likeness (QED) is 0.844. The third kappa shape index (κ3) is 2.38. The van der Waals surface area contributed by atoms with Gasteiger partial charge >= 0.3 is 0 Å². The number of hydrogen-bond donors (Lipinski definition) is 1. The van der Waals surface area contributed by atoms with E-state index in [-0.39, 0.29) is 6.04 Å². The molecule has 0 aromatic heterocycles. The molecular weight excluding hydrogens is 198 g/mol. The predicted octanol–water partition coefficient (Wildman–Crippen LogP) is 3.20. The molecular formula is C14H21NO. The summed E-state index contributed by atoms with van der Waals surface area (Å²) in [4.78, 5) is 0. The van der Waals surface area contributed by atoms with Crippen LogP contribution in [0.15, 0.2) is 18.2 Å². The molecule has 0 fully saturated rings. The summed E-state index contributed by atoms with van der Waals surface area (Å²) in [7, 11) is 0. The van der Waals surface area contributed by atoms with Gasteiger partial charge in [0.25, 0.3) is 0 Å². The largest absolute Gasteiger partial charge is 0.491 e. The lowest BCUT2D eigenvalue weighted by Crippen LogP contribution is -2.11. The maximum atomic E-state index is 6.00. The molecule has 2 rings (SSSR count). The lowest BCUT2D eigenvalue weighted by Gasteiger charge is -2.15. The van der Waals surface area contributed by atoms with Crippen molar-refractivity contribution >= 4 is 0 Å². The molecule has 0 radical (unpaired) electrons. The van der Waals surface area contributed by atoms with Crippen LogP contribution in [-0.2, 0) is 6.42 Å². The van der Waals surface area contributed by atoms with Crippen LogP contribution in [0.2, 0.25) is 0 Å². The monoisotopic (exact) mass is 219 g/mol. The Morgan fingerprint density at radius 1 is 1.50 bits per heavy atom. The van der Waals surface area contributed by atoms with Gasteiger partial charge < -0.3 is 10.5 Å². The Morgan fingerprint density at radius 2 is 2.31 bits per heavy atom. The van der Waals surface area contributed by atoms with Gasteiger partial charge in [-0.15, -0.1) is 0 Å². The maximum Gasteiger partial charge on any atom is 0.119 e. The average Bonchev–Trinajstić information content (AvgIpc) is 2.60. The van der Waals surface area contributed by atoms with Gasteiger partial charge in [0, 0.05) is 6.04 Å². The fourth-order valence-electron chi connectivity index (χ4n) is 2.40. The molecule has 2 heteroatoms. The van der Waals surface area contributed by atoms with Crippen LogP contribution in [0.4, 0.5) is 0 Å². The van der Waals surface area contributed by atoms with Crippen LogP contribution in [-0.4, -0.2) is 6.10 Å². The Labute approximate surface area is 97.8 Å². The van der Waals surface area contributed by atoms with Crippen LogP contribution < -0.4 is 10.5 Å². The standard InChI is InChI=1S/C14H21NO/c1-3-4-10(2)16-12-6-7-13-11(9-12)5-8-14(13)15/h6-7,9-10,14H,3-5,8,15H2,1-2H3/t10?,14-/m1/s1. The summed E-state index contributed by atoms with van der Waals surface area (Å²) >= 11 is 0. The summed E-state index contributed by atoms with van der Waals surface area (Å²) < 4.78 is 5.87. The fraction of sp³-hybridized carbons (Fsp3) is 0.571. The first-order chi connectivity index (χ1) is 7.70. The molecule has 2 nitrogen and oxygen atoms in total.